The predicted octanol–water partition coefficient (Wildman–Crippen LogP) is 2.07. The smallest absolute Gasteiger partial charge is 0.337 e. The first-order valence-electron chi connectivity index (χ1n) is 5.21. The van der Waals surface area contributed by atoms with Gasteiger partial charge in [0.05, 0.1) is 17.4 Å². The number of carbonyl (C=O) groups excluding carboxylic acids is 1. The third-order valence-corrected chi connectivity index (χ3v) is 2.11. The molecule has 0 saturated heterocycles. The Morgan fingerprint density at radius 3 is 2.76 bits per heavy atom. The van der Waals surface area contributed by atoms with Crippen LogP contribution >= 0.6 is 0 Å². The summed E-state index contributed by atoms with van der Waals surface area (Å²) < 4.78 is 0. The highest BCUT2D eigenvalue weighted by Crippen LogP contribution is 2.10. The third-order valence-electron chi connectivity index (χ3n) is 2.11. The Balaban J connectivity index is 2.82. The number of anilines is 1. The molecule has 1 aromatic rings. The number of amides is 1. The molecule has 1 rings (SSSR count). The first-order chi connectivity index (χ1) is 8.04. The fourth-order valence-electron chi connectivity index (χ4n) is 1.25. The van der Waals surface area contributed by atoms with Gasteiger partial charge in [0.1, 0.15) is 0 Å². The molecule has 0 aliphatic carbocycles. The van der Waals surface area contributed by atoms with Crippen LogP contribution in [-0.2, 0) is 4.79 Å². The third kappa shape index (κ3) is 3.71. The van der Waals surface area contributed by atoms with Crippen molar-refractivity contribution >= 4 is 17.6 Å². The van der Waals surface area contributed by atoms with Crippen molar-refractivity contribution in [2.45, 2.75) is 20.3 Å². The minimum Gasteiger partial charge on any atom is -0.478 e. The van der Waals surface area contributed by atoms with Gasteiger partial charge in [0.25, 0.3) is 5.91 Å². The second kappa shape index (κ2) is 5.79. The van der Waals surface area contributed by atoms with Crippen LogP contribution < -0.4 is 5.32 Å². The van der Waals surface area contributed by atoms with E-state index < -0.39 is 5.97 Å². The molecule has 17 heavy (non-hydrogen) atoms. The summed E-state index contributed by atoms with van der Waals surface area (Å²) in [7, 11) is 0. The Labute approximate surface area is 99.2 Å². The molecule has 1 amide bonds. The summed E-state index contributed by atoms with van der Waals surface area (Å²) in [5.74, 6) is -1.33. The standard InChI is InChI=1S/C12H14N2O3/c1-3-4-8(2)11(15)14-10-5-9(12(16)17)6-13-7-10/h4-7H,3H2,1-2H3,(H,14,15)(H,16,17). The van der Waals surface area contributed by atoms with E-state index in [2.05, 4.69) is 10.3 Å². The van der Waals surface area contributed by atoms with Crippen LogP contribution in [0.3, 0.4) is 0 Å². The summed E-state index contributed by atoms with van der Waals surface area (Å²) in [6, 6.07) is 1.37. The highest BCUT2D eigenvalue weighted by molar-refractivity contribution is 6.03. The molecule has 0 fully saturated rings. The molecule has 0 saturated carbocycles. The first-order valence-corrected chi connectivity index (χ1v) is 5.21. The van der Waals surface area contributed by atoms with Gasteiger partial charge in [-0.2, -0.15) is 0 Å². The molecule has 0 aromatic carbocycles. The second-order valence-corrected chi connectivity index (χ2v) is 3.52. The minimum atomic E-state index is -1.07. The van der Waals surface area contributed by atoms with Gasteiger partial charge in [0.2, 0.25) is 0 Å². The molecule has 90 valence electrons. The van der Waals surface area contributed by atoms with E-state index in [1.807, 2.05) is 6.92 Å². The second-order valence-electron chi connectivity index (χ2n) is 3.52. The van der Waals surface area contributed by atoms with Crippen molar-refractivity contribution in [3.63, 3.8) is 0 Å². The Kier molecular flexibility index (Phi) is 4.39. The quantitative estimate of drug-likeness (QED) is 0.781. The normalized spacial score (nSPS) is 11.1. The molecule has 0 spiro atoms. The number of aromatic nitrogens is 1. The summed E-state index contributed by atoms with van der Waals surface area (Å²) >= 11 is 0. The molecule has 0 aliphatic heterocycles. The van der Waals surface area contributed by atoms with E-state index in [1.165, 1.54) is 18.5 Å². The zero-order valence-electron chi connectivity index (χ0n) is 9.73. The number of carboxylic acids is 1. The Hall–Kier alpha value is -2.17. The number of nitrogens with one attached hydrogen (secondary N) is 1. The lowest BCUT2D eigenvalue weighted by Gasteiger charge is -2.05. The van der Waals surface area contributed by atoms with E-state index in [9.17, 15) is 9.59 Å². The predicted molar refractivity (Wildman–Crippen MR) is 63.9 cm³/mol. The number of carbonyl (C=O) groups is 2. The largest absolute Gasteiger partial charge is 0.478 e. The number of carboxylic acid groups (broad SMARTS) is 1. The average molecular weight is 234 g/mol. The topological polar surface area (TPSA) is 79.3 Å². The zero-order valence-corrected chi connectivity index (χ0v) is 9.73. The van der Waals surface area contributed by atoms with Gasteiger partial charge in [-0.3, -0.25) is 9.78 Å². The minimum absolute atomic E-state index is 0.0416. The van der Waals surface area contributed by atoms with Crippen molar-refractivity contribution in [2.24, 2.45) is 0 Å². The number of nitrogens with zero attached hydrogens (tertiary/aromatic N) is 1. The number of pyridine rings is 1. The van der Waals surface area contributed by atoms with E-state index in [-0.39, 0.29) is 11.5 Å². The van der Waals surface area contributed by atoms with Crippen LogP contribution in [-0.4, -0.2) is 22.0 Å². The van der Waals surface area contributed by atoms with Crippen LogP contribution in [0.1, 0.15) is 30.6 Å². The van der Waals surface area contributed by atoms with Gasteiger partial charge in [0, 0.05) is 11.8 Å². The van der Waals surface area contributed by atoms with Gasteiger partial charge in [-0.05, 0) is 19.4 Å². The van der Waals surface area contributed by atoms with Crippen molar-refractivity contribution in [3.8, 4) is 0 Å². The molecule has 5 nitrogen and oxygen atoms in total. The molecule has 0 atom stereocenters. The highest BCUT2D eigenvalue weighted by atomic mass is 16.4. The van der Waals surface area contributed by atoms with Crippen LogP contribution in [0.5, 0.6) is 0 Å². The molecule has 1 heterocycles. The summed E-state index contributed by atoms with van der Waals surface area (Å²) in [5, 5.41) is 11.4. The van der Waals surface area contributed by atoms with E-state index >= 15 is 0 Å². The fraction of sp³-hybridized carbons (Fsp3) is 0.250. The van der Waals surface area contributed by atoms with Crippen molar-refractivity contribution in [2.75, 3.05) is 5.32 Å². The number of allylic oxidation sites excluding steroid dienone is 1. The van der Waals surface area contributed by atoms with Gasteiger partial charge in [-0.25, -0.2) is 4.79 Å². The van der Waals surface area contributed by atoms with Crippen molar-refractivity contribution in [1.82, 2.24) is 4.98 Å². The van der Waals surface area contributed by atoms with E-state index in [1.54, 1.807) is 13.0 Å². The van der Waals surface area contributed by atoms with Crippen LogP contribution in [0.25, 0.3) is 0 Å². The van der Waals surface area contributed by atoms with Gasteiger partial charge < -0.3 is 10.4 Å². The van der Waals surface area contributed by atoms with Crippen LogP contribution in [0.2, 0.25) is 0 Å². The van der Waals surface area contributed by atoms with Gasteiger partial charge in [-0.1, -0.05) is 13.0 Å². The molecule has 0 radical (unpaired) electrons. The lowest BCUT2D eigenvalue weighted by atomic mass is 10.2. The molecule has 2 N–H and O–H groups in total. The average Bonchev–Trinajstić information content (AvgIpc) is 2.29. The molecule has 0 aliphatic rings. The molecular weight excluding hydrogens is 220 g/mol. The van der Waals surface area contributed by atoms with Crippen molar-refractivity contribution < 1.29 is 14.7 Å². The fourth-order valence-corrected chi connectivity index (χ4v) is 1.25. The molecular formula is C12H14N2O3. The SMILES string of the molecule is CCC=C(C)C(=O)Nc1cncc(C(=O)O)c1. The number of aromatic carboxylic acids is 1. The summed E-state index contributed by atoms with van der Waals surface area (Å²) in [5.41, 5.74) is 1.01. The highest BCUT2D eigenvalue weighted by Gasteiger charge is 2.07. The molecule has 0 unspecified atom stereocenters. The summed E-state index contributed by atoms with van der Waals surface area (Å²) in [4.78, 5) is 26.1. The van der Waals surface area contributed by atoms with E-state index in [0.717, 1.165) is 6.42 Å². The lowest BCUT2D eigenvalue weighted by Crippen LogP contribution is -2.13. The first kappa shape index (κ1) is 12.9. The number of hydrogen-bond acceptors (Lipinski definition) is 3. The molecule has 1 aromatic heterocycles. The Morgan fingerprint density at radius 2 is 2.18 bits per heavy atom. The van der Waals surface area contributed by atoms with E-state index in [4.69, 9.17) is 5.11 Å². The maximum atomic E-state index is 11.6. The van der Waals surface area contributed by atoms with Gasteiger partial charge >= 0.3 is 5.97 Å². The monoisotopic (exact) mass is 234 g/mol. The van der Waals surface area contributed by atoms with Gasteiger partial charge in [0.15, 0.2) is 0 Å². The Bertz CT molecular complexity index is 467. The van der Waals surface area contributed by atoms with Crippen molar-refractivity contribution in [3.05, 3.63) is 35.7 Å². The molecule has 0 bridgehead atoms. The summed E-state index contributed by atoms with van der Waals surface area (Å²) in [6.07, 6.45) is 5.20. The number of hydrogen-bond donors (Lipinski definition) is 2. The van der Waals surface area contributed by atoms with Gasteiger partial charge in [-0.15, -0.1) is 0 Å². The van der Waals surface area contributed by atoms with E-state index in [0.29, 0.717) is 11.3 Å². The van der Waals surface area contributed by atoms with Crippen LogP contribution in [0, 0.1) is 0 Å². The lowest BCUT2D eigenvalue weighted by molar-refractivity contribution is -0.112. The summed E-state index contributed by atoms with van der Waals surface area (Å²) in [6.45, 7) is 3.64. The van der Waals surface area contributed by atoms with Crippen molar-refractivity contribution in [1.29, 1.82) is 0 Å². The maximum Gasteiger partial charge on any atom is 0.337 e. The number of rotatable bonds is 4. The zero-order chi connectivity index (χ0) is 12.8. The molecule has 5 heteroatoms. The van der Waals surface area contributed by atoms with Crippen LogP contribution in [0.15, 0.2) is 30.1 Å². The Morgan fingerprint density at radius 1 is 1.47 bits per heavy atom. The van der Waals surface area contributed by atoms with Crippen LogP contribution in [0.4, 0.5) is 5.69 Å². The maximum absolute atomic E-state index is 11.6.